The lowest BCUT2D eigenvalue weighted by Crippen LogP contribution is -2.00. The number of carboxylic acids is 1. The lowest BCUT2D eigenvalue weighted by Gasteiger charge is -2.09. The van der Waals surface area contributed by atoms with E-state index in [1.165, 1.54) is 0 Å². The minimum absolute atomic E-state index is 0.361. The normalized spacial score (nSPS) is 11.5. The number of halogens is 2. The van der Waals surface area contributed by atoms with Crippen LogP contribution in [0.3, 0.4) is 0 Å². The van der Waals surface area contributed by atoms with Crippen molar-refractivity contribution >= 4 is 35.2 Å². The Balaban J connectivity index is 2.39. The zero-order valence-corrected chi connectivity index (χ0v) is 13.7. The SMILES string of the molecule is CCC(=Cc1cc(Cl)ccc1Cc1ccc(Cl)cc1)C(=O)O. The number of rotatable bonds is 5. The quantitative estimate of drug-likeness (QED) is 0.737. The lowest BCUT2D eigenvalue weighted by molar-refractivity contribution is -0.132. The Hall–Kier alpha value is -1.77. The summed E-state index contributed by atoms with van der Waals surface area (Å²) in [6.07, 6.45) is 2.85. The number of carbonyl (C=O) groups is 1. The summed E-state index contributed by atoms with van der Waals surface area (Å²) in [6.45, 7) is 1.82. The summed E-state index contributed by atoms with van der Waals surface area (Å²) in [5.74, 6) is -0.903. The van der Waals surface area contributed by atoms with Crippen LogP contribution in [0.15, 0.2) is 48.0 Å². The maximum atomic E-state index is 11.2. The van der Waals surface area contributed by atoms with Gasteiger partial charge in [0.05, 0.1) is 0 Å². The molecular formula is C18H16Cl2O2. The van der Waals surface area contributed by atoms with Crippen LogP contribution in [0.1, 0.15) is 30.0 Å². The van der Waals surface area contributed by atoms with Gasteiger partial charge in [-0.3, -0.25) is 0 Å². The highest BCUT2D eigenvalue weighted by Crippen LogP contribution is 2.23. The molecule has 0 bridgehead atoms. The molecule has 0 saturated carbocycles. The molecular weight excluding hydrogens is 319 g/mol. The highest BCUT2D eigenvalue weighted by Gasteiger charge is 2.08. The van der Waals surface area contributed by atoms with Crippen LogP contribution in [-0.4, -0.2) is 11.1 Å². The molecule has 0 aliphatic heterocycles. The van der Waals surface area contributed by atoms with Crippen molar-refractivity contribution in [1.82, 2.24) is 0 Å². The molecule has 0 aromatic heterocycles. The van der Waals surface area contributed by atoms with E-state index < -0.39 is 5.97 Å². The van der Waals surface area contributed by atoms with Gasteiger partial charge in [0.15, 0.2) is 0 Å². The monoisotopic (exact) mass is 334 g/mol. The van der Waals surface area contributed by atoms with E-state index in [4.69, 9.17) is 23.2 Å². The van der Waals surface area contributed by atoms with Gasteiger partial charge in [-0.05, 0) is 59.9 Å². The first-order valence-corrected chi connectivity index (χ1v) is 7.72. The highest BCUT2D eigenvalue weighted by atomic mass is 35.5. The van der Waals surface area contributed by atoms with E-state index in [1.54, 1.807) is 12.1 Å². The maximum Gasteiger partial charge on any atom is 0.331 e. The molecule has 0 aliphatic carbocycles. The standard InChI is InChI=1S/C18H16Cl2O2/c1-2-13(18(21)22)10-15-11-17(20)8-5-14(15)9-12-3-6-16(19)7-4-12/h3-8,10-11H,2,9H2,1H3,(H,21,22). The average Bonchev–Trinajstić information content (AvgIpc) is 2.49. The van der Waals surface area contributed by atoms with E-state index in [-0.39, 0.29) is 0 Å². The summed E-state index contributed by atoms with van der Waals surface area (Å²) < 4.78 is 0. The first-order chi connectivity index (χ1) is 10.5. The molecule has 1 N–H and O–H groups in total. The van der Waals surface area contributed by atoms with E-state index in [9.17, 15) is 9.90 Å². The second-order valence-corrected chi connectivity index (χ2v) is 5.85. The minimum Gasteiger partial charge on any atom is -0.478 e. The molecule has 2 aromatic carbocycles. The van der Waals surface area contributed by atoms with Gasteiger partial charge in [0.2, 0.25) is 0 Å². The van der Waals surface area contributed by atoms with Gasteiger partial charge in [0.1, 0.15) is 0 Å². The van der Waals surface area contributed by atoms with Crippen molar-refractivity contribution in [2.75, 3.05) is 0 Å². The molecule has 4 heteroatoms. The van der Waals surface area contributed by atoms with Crippen LogP contribution >= 0.6 is 23.2 Å². The molecule has 0 heterocycles. The number of aliphatic carboxylic acids is 1. The summed E-state index contributed by atoms with van der Waals surface area (Å²) >= 11 is 11.9. The molecule has 0 aliphatic rings. The molecule has 0 unspecified atom stereocenters. The van der Waals surface area contributed by atoms with Gasteiger partial charge < -0.3 is 5.11 Å². The average molecular weight is 335 g/mol. The fourth-order valence-electron chi connectivity index (χ4n) is 2.19. The second-order valence-electron chi connectivity index (χ2n) is 4.97. The number of hydrogen-bond acceptors (Lipinski definition) is 1. The first-order valence-electron chi connectivity index (χ1n) is 6.96. The summed E-state index contributed by atoms with van der Waals surface area (Å²) in [4.78, 5) is 11.2. The van der Waals surface area contributed by atoms with Crippen molar-refractivity contribution in [2.45, 2.75) is 19.8 Å². The Kier molecular flexibility index (Phi) is 5.64. The Morgan fingerprint density at radius 2 is 1.73 bits per heavy atom. The predicted molar refractivity (Wildman–Crippen MR) is 91.6 cm³/mol. The van der Waals surface area contributed by atoms with E-state index in [1.807, 2.05) is 43.3 Å². The van der Waals surface area contributed by atoms with Gasteiger partial charge in [0, 0.05) is 15.6 Å². The second kappa shape index (κ2) is 7.48. The molecule has 0 atom stereocenters. The van der Waals surface area contributed by atoms with Crippen LogP contribution in [0, 0.1) is 0 Å². The zero-order valence-electron chi connectivity index (χ0n) is 12.1. The van der Waals surface area contributed by atoms with Crippen LogP contribution < -0.4 is 0 Å². The highest BCUT2D eigenvalue weighted by molar-refractivity contribution is 6.31. The van der Waals surface area contributed by atoms with E-state index in [0.717, 1.165) is 16.7 Å². The zero-order chi connectivity index (χ0) is 16.1. The van der Waals surface area contributed by atoms with Crippen LogP contribution in [0.4, 0.5) is 0 Å². The Morgan fingerprint density at radius 3 is 2.32 bits per heavy atom. The molecule has 2 nitrogen and oxygen atoms in total. The van der Waals surface area contributed by atoms with Crippen LogP contribution in [0.25, 0.3) is 6.08 Å². The third-order valence-electron chi connectivity index (χ3n) is 3.40. The fourth-order valence-corrected chi connectivity index (χ4v) is 2.49. The first kappa shape index (κ1) is 16.6. The molecule has 0 spiro atoms. The molecule has 0 saturated heterocycles. The van der Waals surface area contributed by atoms with Crippen molar-refractivity contribution in [3.63, 3.8) is 0 Å². The maximum absolute atomic E-state index is 11.2. The smallest absolute Gasteiger partial charge is 0.331 e. The Labute approximate surface area is 140 Å². The Morgan fingerprint density at radius 1 is 1.09 bits per heavy atom. The minimum atomic E-state index is -0.903. The van der Waals surface area contributed by atoms with Crippen molar-refractivity contribution in [1.29, 1.82) is 0 Å². The van der Waals surface area contributed by atoms with Gasteiger partial charge in [-0.1, -0.05) is 48.3 Å². The fraction of sp³-hybridized carbons (Fsp3) is 0.167. The van der Waals surface area contributed by atoms with Crippen molar-refractivity contribution in [2.24, 2.45) is 0 Å². The van der Waals surface area contributed by atoms with Gasteiger partial charge in [-0.15, -0.1) is 0 Å². The van der Waals surface area contributed by atoms with Crippen molar-refractivity contribution in [3.8, 4) is 0 Å². The van der Waals surface area contributed by atoms with Crippen molar-refractivity contribution < 1.29 is 9.90 Å². The van der Waals surface area contributed by atoms with Crippen LogP contribution in [-0.2, 0) is 11.2 Å². The lowest BCUT2D eigenvalue weighted by atomic mass is 9.97. The summed E-state index contributed by atoms with van der Waals surface area (Å²) in [6, 6.07) is 13.2. The van der Waals surface area contributed by atoms with E-state index >= 15 is 0 Å². The van der Waals surface area contributed by atoms with E-state index in [0.29, 0.717) is 28.5 Å². The molecule has 0 radical (unpaired) electrons. The summed E-state index contributed by atoms with van der Waals surface area (Å²) in [7, 11) is 0. The topological polar surface area (TPSA) is 37.3 Å². The van der Waals surface area contributed by atoms with Crippen molar-refractivity contribution in [3.05, 3.63) is 74.8 Å². The summed E-state index contributed by atoms with van der Waals surface area (Å²) in [5, 5.41) is 10.5. The van der Waals surface area contributed by atoms with Gasteiger partial charge >= 0.3 is 5.97 Å². The van der Waals surface area contributed by atoms with E-state index in [2.05, 4.69) is 0 Å². The summed E-state index contributed by atoms with van der Waals surface area (Å²) in [5.41, 5.74) is 3.33. The van der Waals surface area contributed by atoms with Gasteiger partial charge in [0.25, 0.3) is 0 Å². The molecule has 2 rings (SSSR count). The largest absolute Gasteiger partial charge is 0.478 e. The molecule has 0 fully saturated rings. The van der Waals surface area contributed by atoms with Gasteiger partial charge in [-0.25, -0.2) is 4.79 Å². The molecule has 22 heavy (non-hydrogen) atoms. The number of hydrogen-bond donors (Lipinski definition) is 1. The third-order valence-corrected chi connectivity index (χ3v) is 3.89. The van der Waals surface area contributed by atoms with Crippen LogP contribution in [0.5, 0.6) is 0 Å². The van der Waals surface area contributed by atoms with Crippen LogP contribution in [0.2, 0.25) is 10.0 Å². The number of carboxylic acid groups (broad SMARTS) is 1. The van der Waals surface area contributed by atoms with Gasteiger partial charge in [-0.2, -0.15) is 0 Å². The number of benzene rings is 2. The Bertz CT molecular complexity index is 704. The molecule has 0 amide bonds. The molecule has 2 aromatic rings. The predicted octanol–water partition coefficient (Wildman–Crippen LogP) is 5.46. The molecule has 114 valence electrons. The third kappa shape index (κ3) is 4.36.